The number of nitrogens with two attached hydrogens (primary N) is 1. The van der Waals surface area contributed by atoms with Crippen LogP contribution < -0.4 is 11.1 Å². The molecule has 1 fully saturated rings. The first-order chi connectivity index (χ1) is 7.70. The third-order valence-electron chi connectivity index (χ3n) is 3.09. The summed E-state index contributed by atoms with van der Waals surface area (Å²) < 4.78 is 0. The van der Waals surface area contributed by atoms with Crippen molar-refractivity contribution in [2.24, 2.45) is 5.92 Å². The van der Waals surface area contributed by atoms with E-state index in [0.29, 0.717) is 5.82 Å². The summed E-state index contributed by atoms with van der Waals surface area (Å²) in [5, 5.41) is 3.37. The Labute approximate surface area is 96.7 Å². The molecule has 1 aromatic heterocycles. The smallest absolute Gasteiger partial charge is 0.134 e. The van der Waals surface area contributed by atoms with Gasteiger partial charge in [0.15, 0.2) is 0 Å². The monoisotopic (exact) mass is 220 g/mol. The molecule has 0 amide bonds. The second-order valence-corrected chi connectivity index (χ2v) is 4.51. The van der Waals surface area contributed by atoms with Gasteiger partial charge >= 0.3 is 0 Å². The molecule has 1 aromatic rings. The quantitative estimate of drug-likeness (QED) is 0.798. The third kappa shape index (κ3) is 2.62. The zero-order chi connectivity index (χ0) is 11.5. The largest absolute Gasteiger partial charge is 0.383 e. The van der Waals surface area contributed by atoms with Gasteiger partial charge in [0.25, 0.3) is 0 Å². The molecule has 1 aliphatic rings. The number of rotatable bonds is 5. The van der Waals surface area contributed by atoms with Crippen LogP contribution in [-0.4, -0.2) is 16.5 Å². The number of nitrogen functional groups attached to an aromatic ring is 1. The Balaban J connectivity index is 2.02. The number of hydrogen-bond acceptors (Lipinski definition) is 4. The Morgan fingerprint density at radius 1 is 1.38 bits per heavy atom. The van der Waals surface area contributed by atoms with E-state index in [-0.39, 0.29) is 0 Å². The molecule has 0 aromatic carbocycles. The lowest BCUT2D eigenvalue weighted by Crippen LogP contribution is -2.10. The molecule has 3 N–H and O–H groups in total. The second-order valence-electron chi connectivity index (χ2n) is 4.51. The molecule has 0 bridgehead atoms. The maximum absolute atomic E-state index is 5.85. The summed E-state index contributed by atoms with van der Waals surface area (Å²) in [7, 11) is 0. The van der Waals surface area contributed by atoms with Gasteiger partial charge in [-0.05, 0) is 19.3 Å². The van der Waals surface area contributed by atoms with Crippen molar-refractivity contribution in [2.45, 2.75) is 39.5 Å². The van der Waals surface area contributed by atoms with E-state index in [9.17, 15) is 0 Å². The highest BCUT2D eigenvalue weighted by molar-refractivity contribution is 5.54. The number of nitrogens with one attached hydrogen (secondary N) is 1. The second kappa shape index (κ2) is 4.68. The lowest BCUT2D eigenvalue weighted by molar-refractivity contribution is 0.756. The number of aryl methyl sites for hydroxylation is 1. The molecule has 4 nitrogen and oxygen atoms in total. The molecule has 0 atom stereocenters. The van der Waals surface area contributed by atoms with E-state index in [1.54, 1.807) is 0 Å². The van der Waals surface area contributed by atoms with E-state index in [2.05, 4.69) is 15.3 Å². The van der Waals surface area contributed by atoms with E-state index >= 15 is 0 Å². The van der Waals surface area contributed by atoms with Crippen LogP contribution in [0.4, 0.5) is 11.6 Å². The molecular formula is C12H20N4. The summed E-state index contributed by atoms with van der Waals surface area (Å²) in [6.07, 6.45) is 4.85. The molecule has 0 unspecified atom stereocenters. The fourth-order valence-electron chi connectivity index (χ4n) is 1.71. The van der Waals surface area contributed by atoms with Gasteiger partial charge in [0.1, 0.15) is 17.5 Å². The van der Waals surface area contributed by atoms with Gasteiger partial charge < -0.3 is 11.1 Å². The van der Waals surface area contributed by atoms with Crippen molar-refractivity contribution < 1.29 is 0 Å². The average Bonchev–Trinajstić information content (AvgIpc) is 3.08. The molecule has 0 radical (unpaired) electrons. The van der Waals surface area contributed by atoms with Crippen LogP contribution in [0, 0.1) is 12.8 Å². The fourth-order valence-corrected chi connectivity index (χ4v) is 1.71. The summed E-state index contributed by atoms with van der Waals surface area (Å²) in [4.78, 5) is 8.70. The Morgan fingerprint density at radius 3 is 2.75 bits per heavy atom. The van der Waals surface area contributed by atoms with Crippen LogP contribution >= 0.6 is 0 Å². The topological polar surface area (TPSA) is 63.8 Å². The van der Waals surface area contributed by atoms with E-state index < -0.39 is 0 Å². The molecule has 0 spiro atoms. The molecule has 2 rings (SSSR count). The summed E-state index contributed by atoms with van der Waals surface area (Å²) in [5.41, 5.74) is 6.82. The van der Waals surface area contributed by atoms with Crippen LogP contribution in [0.5, 0.6) is 0 Å². The van der Waals surface area contributed by atoms with E-state index in [1.165, 1.54) is 19.3 Å². The predicted molar refractivity (Wildman–Crippen MR) is 66.4 cm³/mol. The minimum atomic E-state index is 0.598. The van der Waals surface area contributed by atoms with Gasteiger partial charge in [-0.1, -0.05) is 19.8 Å². The van der Waals surface area contributed by atoms with Gasteiger partial charge in [-0.3, -0.25) is 0 Å². The number of aromatic nitrogens is 2. The third-order valence-corrected chi connectivity index (χ3v) is 3.09. The molecule has 1 saturated carbocycles. The van der Waals surface area contributed by atoms with Gasteiger partial charge in [0, 0.05) is 18.5 Å². The van der Waals surface area contributed by atoms with E-state index in [4.69, 9.17) is 5.73 Å². The van der Waals surface area contributed by atoms with Crippen molar-refractivity contribution in [3.63, 3.8) is 0 Å². The zero-order valence-electron chi connectivity index (χ0n) is 10.1. The lowest BCUT2D eigenvalue weighted by Gasteiger charge is -2.11. The van der Waals surface area contributed by atoms with E-state index in [1.807, 2.05) is 13.8 Å². The molecule has 0 aliphatic heterocycles. The van der Waals surface area contributed by atoms with Crippen molar-refractivity contribution in [3.05, 3.63) is 11.4 Å². The molecule has 1 heterocycles. The molecule has 0 saturated heterocycles. The van der Waals surface area contributed by atoms with Crippen molar-refractivity contribution >= 4 is 11.6 Å². The highest BCUT2D eigenvalue weighted by atomic mass is 15.1. The van der Waals surface area contributed by atoms with Crippen LogP contribution in [-0.2, 0) is 6.42 Å². The zero-order valence-corrected chi connectivity index (χ0v) is 10.1. The van der Waals surface area contributed by atoms with E-state index in [0.717, 1.165) is 36.1 Å². The Kier molecular flexibility index (Phi) is 3.27. The summed E-state index contributed by atoms with van der Waals surface area (Å²) >= 11 is 0. The van der Waals surface area contributed by atoms with Crippen LogP contribution in [0.3, 0.4) is 0 Å². The van der Waals surface area contributed by atoms with Gasteiger partial charge in [-0.25, -0.2) is 9.97 Å². The maximum Gasteiger partial charge on any atom is 0.134 e. The molecule has 1 aliphatic carbocycles. The van der Waals surface area contributed by atoms with Crippen LogP contribution in [0.2, 0.25) is 0 Å². The molecule has 88 valence electrons. The highest BCUT2D eigenvalue weighted by Gasteiger charge is 2.20. The number of nitrogens with zero attached hydrogens (tertiary/aromatic N) is 2. The minimum Gasteiger partial charge on any atom is -0.383 e. The van der Waals surface area contributed by atoms with Crippen molar-refractivity contribution in [1.29, 1.82) is 0 Å². The first kappa shape index (κ1) is 11.2. The maximum atomic E-state index is 5.85. The van der Waals surface area contributed by atoms with Gasteiger partial charge in [-0.2, -0.15) is 0 Å². The summed E-state index contributed by atoms with van der Waals surface area (Å²) in [6.45, 7) is 5.00. The predicted octanol–water partition coefficient (Wildman–Crippen LogP) is 2.14. The van der Waals surface area contributed by atoms with Gasteiger partial charge in [0.05, 0.1) is 0 Å². The first-order valence-corrected chi connectivity index (χ1v) is 6.07. The summed E-state index contributed by atoms with van der Waals surface area (Å²) in [6, 6.07) is 0. The standard InChI is InChI=1S/C12H20N4/c1-3-10-15-11(13)8(2)12(16-10)14-7-6-9-4-5-9/h9H,3-7H2,1-2H3,(H3,13,14,15,16). The molecule has 4 heteroatoms. The van der Waals surface area contributed by atoms with Crippen molar-refractivity contribution in [2.75, 3.05) is 17.6 Å². The first-order valence-electron chi connectivity index (χ1n) is 6.07. The van der Waals surface area contributed by atoms with Gasteiger partial charge in [-0.15, -0.1) is 0 Å². The average molecular weight is 220 g/mol. The van der Waals surface area contributed by atoms with Crippen LogP contribution in [0.25, 0.3) is 0 Å². The fraction of sp³-hybridized carbons (Fsp3) is 0.667. The van der Waals surface area contributed by atoms with Gasteiger partial charge in [0.2, 0.25) is 0 Å². The highest BCUT2D eigenvalue weighted by Crippen LogP contribution is 2.32. The summed E-state index contributed by atoms with van der Waals surface area (Å²) in [5.74, 6) is 3.26. The van der Waals surface area contributed by atoms with Crippen molar-refractivity contribution in [1.82, 2.24) is 9.97 Å². The Hall–Kier alpha value is -1.32. The Bertz CT molecular complexity index is 372. The molecular weight excluding hydrogens is 200 g/mol. The lowest BCUT2D eigenvalue weighted by atomic mass is 10.2. The van der Waals surface area contributed by atoms with Crippen LogP contribution in [0.15, 0.2) is 0 Å². The molecule has 16 heavy (non-hydrogen) atoms. The SMILES string of the molecule is CCc1nc(N)c(C)c(NCCC2CC2)n1. The normalized spacial score (nSPS) is 15.1. The number of anilines is 2. The van der Waals surface area contributed by atoms with Crippen molar-refractivity contribution in [3.8, 4) is 0 Å². The van der Waals surface area contributed by atoms with Crippen LogP contribution in [0.1, 0.15) is 37.6 Å². The minimum absolute atomic E-state index is 0.598. The Morgan fingerprint density at radius 2 is 2.12 bits per heavy atom. The number of hydrogen-bond donors (Lipinski definition) is 2.